The maximum absolute atomic E-state index is 5.09. The minimum Gasteiger partial charge on any atom is -0.481 e. The van der Waals surface area contributed by atoms with Crippen molar-refractivity contribution in [2.75, 3.05) is 14.2 Å². The third kappa shape index (κ3) is 2.96. The van der Waals surface area contributed by atoms with Gasteiger partial charge in [0.05, 0.1) is 7.11 Å². The first kappa shape index (κ1) is 13.8. The molecule has 0 aliphatic carbocycles. The molecule has 1 aromatic rings. The first-order valence-electron chi connectivity index (χ1n) is 7.70. The second-order valence-corrected chi connectivity index (χ2v) is 6.16. The van der Waals surface area contributed by atoms with Crippen molar-refractivity contribution in [2.24, 2.45) is 0 Å². The summed E-state index contributed by atoms with van der Waals surface area (Å²) in [4.78, 5) is 6.87. The van der Waals surface area contributed by atoms with Gasteiger partial charge in [-0.1, -0.05) is 12.5 Å². The monoisotopic (exact) mass is 275 g/mol. The first-order chi connectivity index (χ1) is 9.76. The van der Waals surface area contributed by atoms with E-state index in [1.807, 2.05) is 12.3 Å². The maximum Gasteiger partial charge on any atom is 0.212 e. The summed E-state index contributed by atoms with van der Waals surface area (Å²) in [6.07, 6.45) is 8.63. The predicted octanol–water partition coefficient (Wildman–Crippen LogP) is 2.20. The Hall–Kier alpha value is -1.13. The van der Waals surface area contributed by atoms with E-state index in [9.17, 15) is 0 Å². The number of fused-ring (bicyclic) bond motifs is 2. The molecule has 0 radical (unpaired) electrons. The van der Waals surface area contributed by atoms with Gasteiger partial charge in [0.15, 0.2) is 0 Å². The standard InChI is InChI=1S/C16H25N3O/c1-19-14-4-3-5-15(19)9-13(8-14)17-10-12-6-7-16(20-2)18-11-12/h6-7,11,13-15,17H,3-5,8-10H2,1-2H3. The van der Waals surface area contributed by atoms with Crippen LogP contribution in [0.15, 0.2) is 18.3 Å². The molecule has 2 fully saturated rings. The second kappa shape index (κ2) is 6.10. The van der Waals surface area contributed by atoms with Crippen LogP contribution in [-0.4, -0.2) is 42.2 Å². The minimum atomic E-state index is 0.656. The zero-order chi connectivity index (χ0) is 13.9. The second-order valence-electron chi connectivity index (χ2n) is 6.16. The molecule has 2 aliphatic heterocycles. The number of nitrogens with zero attached hydrogens (tertiary/aromatic N) is 2. The largest absolute Gasteiger partial charge is 0.481 e. The Morgan fingerprint density at radius 1 is 1.30 bits per heavy atom. The number of methoxy groups -OCH3 is 1. The van der Waals surface area contributed by atoms with E-state index in [1.54, 1.807) is 7.11 Å². The number of pyridine rings is 1. The zero-order valence-corrected chi connectivity index (χ0v) is 12.5. The summed E-state index contributed by atoms with van der Waals surface area (Å²) in [5, 5.41) is 3.72. The van der Waals surface area contributed by atoms with Crippen LogP contribution in [0.4, 0.5) is 0 Å². The van der Waals surface area contributed by atoms with Crippen molar-refractivity contribution in [3.8, 4) is 5.88 Å². The Morgan fingerprint density at radius 2 is 2.05 bits per heavy atom. The summed E-state index contributed by atoms with van der Waals surface area (Å²) in [5.74, 6) is 0.683. The molecular weight excluding hydrogens is 250 g/mol. The van der Waals surface area contributed by atoms with Gasteiger partial charge in [0.2, 0.25) is 5.88 Å². The molecule has 1 N–H and O–H groups in total. The van der Waals surface area contributed by atoms with Crippen LogP contribution < -0.4 is 10.1 Å². The van der Waals surface area contributed by atoms with Crippen molar-refractivity contribution in [1.82, 2.24) is 15.2 Å². The van der Waals surface area contributed by atoms with Crippen LogP contribution in [0.25, 0.3) is 0 Å². The number of ether oxygens (including phenoxy) is 1. The molecular formula is C16H25N3O. The SMILES string of the molecule is COc1ccc(CNC2CC3CCCC(C2)N3C)cn1. The molecule has 2 unspecified atom stereocenters. The van der Waals surface area contributed by atoms with Gasteiger partial charge in [0, 0.05) is 36.9 Å². The molecule has 0 aromatic carbocycles. The Labute approximate surface area is 121 Å². The molecule has 4 nitrogen and oxygen atoms in total. The highest BCUT2D eigenvalue weighted by Gasteiger charge is 2.35. The normalized spacial score (nSPS) is 30.2. The van der Waals surface area contributed by atoms with Gasteiger partial charge in [-0.2, -0.15) is 0 Å². The molecule has 20 heavy (non-hydrogen) atoms. The molecule has 0 amide bonds. The summed E-state index contributed by atoms with van der Waals surface area (Å²) in [6.45, 7) is 0.908. The quantitative estimate of drug-likeness (QED) is 0.914. The Morgan fingerprint density at radius 3 is 2.65 bits per heavy atom. The van der Waals surface area contributed by atoms with Gasteiger partial charge in [-0.3, -0.25) is 0 Å². The smallest absolute Gasteiger partial charge is 0.212 e. The summed E-state index contributed by atoms with van der Waals surface area (Å²) >= 11 is 0. The molecule has 4 heteroatoms. The number of hydrogen-bond donors (Lipinski definition) is 1. The maximum atomic E-state index is 5.09. The molecule has 2 aliphatic rings. The highest BCUT2D eigenvalue weighted by atomic mass is 16.5. The molecule has 110 valence electrons. The third-order valence-electron chi connectivity index (χ3n) is 4.94. The van der Waals surface area contributed by atoms with Crippen LogP contribution in [0.2, 0.25) is 0 Å². The van der Waals surface area contributed by atoms with E-state index in [1.165, 1.54) is 37.7 Å². The topological polar surface area (TPSA) is 37.4 Å². The van der Waals surface area contributed by atoms with Gasteiger partial charge in [-0.15, -0.1) is 0 Å². The fourth-order valence-corrected chi connectivity index (χ4v) is 3.68. The Kier molecular flexibility index (Phi) is 4.22. The van der Waals surface area contributed by atoms with Crippen molar-refractivity contribution in [2.45, 2.75) is 56.8 Å². The molecule has 1 aromatic heterocycles. The Balaban J connectivity index is 1.53. The van der Waals surface area contributed by atoms with Crippen LogP contribution in [0.3, 0.4) is 0 Å². The van der Waals surface area contributed by atoms with Crippen molar-refractivity contribution in [3.63, 3.8) is 0 Å². The van der Waals surface area contributed by atoms with Crippen molar-refractivity contribution < 1.29 is 4.74 Å². The lowest BCUT2D eigenvalue weighted by molar-refractivity contribution is 0.0482. The average molecular weight is 275 g/mol. The molecule has 2 atom stereocenters. The van der Waals surface area contributed by atoms with Gasteiger partial charge < -0.3 is 15.0 Å². The van der Waals surface area contributed by atoms with Crippen LogP contribution in [-0.2, 0) is 6.54 Å². The van der Waals surface area contributed by atoms with Crippen molar-refractivity contribution >= 4 is 0 Å². The lowest BCUT2D eigenvalue weighted by Gasteiger charge is -2.47. The van der Waals surface area contributed by atoms with Crippen LogP contribution in [0.5, 0.6) is 5.88 Å². The average Bonchev–Trinajstić information content (AvgIpc) is 2.46. The van der Waals surface area contributed by atoms with E-state index in [4.69, 9.17) is 4.74 Å². The van der Waals surface area contributed by atoms with E-state index in [-0.39, 0.29) is 0 Å². The van der Waals surface area contributed by atoms with Crippen LogP contribution in [0, 0.1) is 0 Å². The molecule has 2 saturated heterocycles. The van der Waals surface area contributed by atoms with Crippen molar-refractivity contribution in [3.05, 3.63) is 23.9 Å². The van der Waals surface area contributed by atoms with E-state index in [2.05, 4.69) is 28.3 Å². The number of aromatic nitrogens is 1. The van der Waals surface area contributed by atoms with Gasteiger partial charge >= 0.3 is 0 Å². The zero-order valence-electron chi connectivity index (χ0n) is 12.5. The highest BCUT2D eigenvalue weighted by Crippen LogP contribution is 2.32. The molecule has 0 saturated carbocycles. The predicted molar refractivity (Wildman–Crippen MR) is 79.8 cm³/mol. The summed E-state index contributed by atoms with van der Waals surface area (Å²) in [6, 6.07) is 6.25. The first-order valence-corrected chi connectivity index (χ1v) is 7.70. The summed E-state index contributed by atoms with van der Waals surface area (Å²) in [5.41, 5.74) is 1.23. The summed E-state index contributed by atoms with van der Waals surface area (Å²) < 4.78 is 5.09. The number of hydrogen-bond acceptors (Lipinski definition) is 4. The lowest BCUT2D eigenvalue weighted by Crippen LogP contribution is -2.54. The molecule has 2 bridgehead atoms. The van der Waals surface area contributed by atoms with E-state index < -0.39 is 0 Å². The van der Waals surface area contributed by atoms with E-state index in [0.717, 1.165) is 18.6 Å². The van der Waals surface area contributed by atoms with Crippen molar-refractivity contribution in [1.29, 1.82) is 0 Å². The minimum absolute atomic E-state index is 0.656. The van der Waals surface area contributed by atoms with Gasteiger partial charge in [-0.25, -0.2) is 4.98 Å². The van der Waals surface area contributed by atoms with E-state index >= 15 is 0 Å². The van der Waals surface area contributed by atoms with Crippen LogP contribution in [0.1, 0.15) is 37.7 Å². The molecule has 3 rings (SSSR count). The fraction of sp³-hybridized carbons (Fsp3) is 0.688. The van der Waals surface area contributed by atoms with Gasteiger partial charge in [0.1, 0.15) is 0 Å². The lowest BCUT2D eigenvalue weighted by atomic mass is 9.82. The van der Waals surface area contributed by atoms with Gasteiger partial charge in [0.25, 0.3) is 0 Å². The Bertz CT molecular complexity index is 420. The van der Waals surface area contributed by atoms with E-state index in [0.29, 0.717) is 11.9 Å². The van der Waals surface area contributed by atoms with Crippen LogP contribution >= 0.6 is 0 Å². The number of nitrogens with one attached hydrogen (secondary N) is 1. The highest BCUT2D eigenvalue weighted by molar-refractivity contribution is 5.17. The third-order valence-corrected chi connectivity index (χ3v) is 4.94. The molecule has 0 spiro atoms. The fourth-order valence-electron chi connectivity index (χ4n) is 3.68. The molecule has 3 heterocycles. The van der Waals surface area contributed by atoms with Gasteiger partial charge in [-0.05, 0) is 38.3 Å². The summed E-state index contributed by atoms with van der Waals surface area (Å²) in [7, 11) is 3.95. The number of piperidine rings is 2. The number of rotatable bonds is 4.